The maximum atomic E-state index is 13.3. The molecule has 0 aliphatic carbocycles. The zero-order chi connectivity index (χ0) is 29.8. The van der Waals surface area contributed by atoms with Gasteiger partial charge in [-0.05, 0) is 68.1 Å². The SMILES string of the molecule is O=S(=O)(CCCO)c1cccc(OC[C@@H](O)CN[C@H]2COC3(CCN(S(=O)(=O)c4ccc5ncccc5c4)CC3)C2)c1. The van der Waals surface area contributed by atoms with Crippen LogP contribution >= 0.6 is 0 Å². The van der Waals surface area contributed by atoms with Crippen LogP contribution in [0.15, 0.2) is 70.6 Å². The van der Waals surface area contributed by atoms with Crippen LogP contribution in [-0.4, -0.2) is 99.3 Å². The van der Waals surface area contributed by atoms with Crippen molar-refractivity contribution < 1.29 is 36.5 Å². The predicted molar refractivity (Wildman–Crippen MR) is 157 cm³/mol. The Morgan fingerprint density at radius 1 is 1.07 bits per heavy atom. The fraction of sp³-hybridized carbons (Fsp3) is 0.483. The molecule has 2 aliphatic heterocycles. The molecule has 2 atom stereocenters. The number of hydrogen-bond donors (Lipinski definition) is 3. The van der Waals surface area contributed by atoms with E-state index in [4.69, 9.17) is 14.6 Å². The molecule has 0 saturated carbocycles. The molecule has 3 aromatic rings. The highest BCUT2D eigenvalue weighted by molar-refractivity contribution is 7.91. The second-order valence-corrected chi connectivity index (χ2v) is 14.9. The van der Waals surface area contributed by atoms with E-state index in [2.05, 4.69) is 10.3 Å². The Morgan fingerprint density at radius 2 is 1.88 bits per heavy atom. The lowest BCUT2D eigenvalue weighted by Crippen LogP contribution is -2.47. The van der Waals surface area contributed by atoms with Crippen molar-refractivity contribution in [3.8, 4) is 5.75 Å². The van der Waals surface area contributed by atoms with Gasteiger partial charge >= 0.3 is 0 Å². The van der Waals surface area contributed by atoms with E-state index >= 15 is 0 Å². The van der Waals surface area contributed by atoms with Gasteiger partial charge in [0.25, 0.3) is 0 Å². The number of hydrogen-bond acceptors (Lipinski definition) is 10. The average molecular weight is 620 g/mol. The van der Waals surface area contributed by atoms with Crippen LogP contribution in [0.4, 0.5) is 0 Å². The second kappa shape index (κ2) is 12.9. The molecule has 1 aromatic heterocycles. The minimum atomic E-state index is -3.64. The first-order valence-electron chi connectivity index (χ1n) is 14.1. The molecule has 5 rings (SSSR count). The minimum absolute atomic E-state index is 0.00999. The fourth-order valence-electron chi connectivity index (χ4n) is 5.51. The lowest BCUT2D eigenvalue weighted by atomic mass is 9.88. The van der Waals surface area contributed by atoms with Gasteiger partial charge in [0.1, 0.15) is 18.5 Å². The Kier molecular flexibility index (Phi) is 9.47. The van der Waals surface area contributed by atoms with E-state index in [1.54, 1.807) is 42.6 Å². The molecule has 0 radical (unpaired) electrons. The normalized spacial score (nSPS) is 20.2. The summed E-state index contributed by atoms with van der Waals surface area (Å²) in [4.78, 5) is 4.64. The van der Waals surface area contributed by atoms with E-state index in [9.17, 15) is 21.9 Å². The van der Waals surface area contributed by atoms with Gasteiger partial charge in [0.05, 0.1) is 33.3 Å². The topological polar surface area (TPSA) is 155 Å². The molecule has 0 unspecified atom stereocenters. The van der Waals surface area contributed by atoms with E-state index in [-0.39, 0.29) is 47.8 Å². The van der Waals surface area contributed by atoms with Gasteiger partial charge in [-0.25, -0.2) is 16.8 Å². The highest BCUT2D eigenvalue weighted by Gasteiger charge is 2.44. The van der Waals surface area contributed by atoms with Crippen molar-refractivity contribution in [2.24, 2.45) is 0 Å². The molecule has 2 aliphatic rings. The van der Waals surface area contributed by atoms with Crippen molar-refractivity contribution >= 4 is 30.8 Å². The summed E-state index contributed by atoms with van der Waals surface area (Å²) < 4.78 is 64.7. The third-order valence-electron chi connectivity index (χ3n) is 7.88. The number of sulfone groups is 1. The van der Waals surface area contributed by atoms with E-state index in [1.807, 2.05) is 6.07 Å². The number of aliphatic hydroxyl groups is 2. The molecule has 0 bridgehead atoms. The molecule has 3 N–H and O–H groups in total. The maximum absolute atomic E-state index is 13.3. The number of rotatable bonds is 12. The van der Waals surface area contributed by atoms with Crippen LogP contribution in [0.1, 0.15) is 25.7 Å². The molecule has 1 spiro atoms. The van der Waals surface area contributed by atoms with E-state index in [0.717, 1.165) is 10.9 Å². The van der Waals surface area contributed by atoms with Crippen LogP contribution in [0.2, 0.25) is 0 Å². The third-order valence-corrected chi connectivity index (χ3v) is 11.6. The number of ether oxygens (including phenoxy) is 2. The van der Waals surface area contributed by atoms with E-state index < -0.39 is 31.6 Å². The van der Waals surface area contributed by atoms with Crippen LogP contribution < -0.4 is 10.1 Å². The number of benzene rings is 2. The van der Waals surface area contributed by atoms with Crippen LogP contribution in [-0.2, 0) is 24.6 Å². The molecular weight excluding hydrogens is 582 g/mol. The summed E-state index contributed by atoms with van der Waals surface area (Å²) in [5.41, 5.74) is 0.346. The number of nitrogens with one attached hydrogen (secondary N) is 1. The van der Waals surface area contributed by atoms with Gasteiger partial charge in [0.15, 0.2) is 9.84 Å². The van der Waals surface area contributed by atoms with E-state index in [1.165, 1.54) is 16.4 Å². The zero-order valence-electron chi connectivity index (χ0n) is 23.3. The minimum Gasteiger partial charge on any atom is -0.491 e. The molecular formula is C29H37N3O8S2. The van der Waals surface area contributed by atoms with Crippen molar-refractivity contribution in [1.82, 2.24) is 14.6 Å². The van der Waals surface area contributed by atoms with Crippen LogP contribution in [0.3, 0.4) is 0 Å². The highest BCUT2D eigenvalue weighted by atomic mass is 32.2. The number of fused-ring (bicyclic) bond motifs is 1. The summed E-state index contributed by atoms with van der Waals surface area (Å²) in [6.07, 6.45) is 2.89. The van der Waals surface area contributed by atoms with Crippen LogP contribution in [0.5, 0.6) is 5.75 Å². The Balaban J connectivity index is 1.08. The molecule has 42 heavy (non-hydrogen) atoms. The standard InChI is InChI=1S/C29H37N3O8S2/c33-14-3-15-41(35,36)26-6-1-5-25(17-26)39-21-24(34)19-31-23-18-29(40-20-23)9-12-32(13-10-29)42(37,38)27-7-8-28-22(16-27)4-2-11-30-28/h1-2,4-8,11,16-17,23-24,31,33-34H,3,9-10,12-15,18-21H2/t23-,24+/m1/s1. The van der Waals surface area contributed by atoms with Gasteiger partial charge in [-0.2, -0.15) is 4.31 Å². The van der Waals surface area contributed by atoms with Crippen LogP contribution in [0, 0.1) is 0 Å². The lowest BCUT2D eigenvalue weighted by Gasteiger charge is -2.38. The smallest absolute Gasteiger partial charge is 0.243 e. The van der Waals surface area contributed by atoms with E-state index in [0.29, 0.717) is 44.7 Å². The Bertz CT molecular complexity index is 1590. The van der Waals surface area contributed by atoms with Crippen molar-refractivity contribution in [2.75, 3.05) is 45.2 Å². The zero-order valence-corrected chi connectivity index (χ0v) is 24.9. The van der Waals surface area contributed by atoms with Crippen molar-refractivity contribution in [3.63, 3.8) is 0 Å². The second-order valence-electron chi connectivity index (χ2n) is 10.9. The molecule has 2 saturated heterocycles. The number of aromatic nitrogens is 1. The Labute approximate surface area is 246 Å². The van der Waals surface area contributed by atoms with Gasteiger partial charge in [-0.3, -0.25) is 4.98 Å². The first-order chi connectivity index (χ1) is 20.1. The summed E-state index contributed by atoms with van der Waals surface area (Å²) in [6, 6.07) is 14.8. The van der Waals surface area contributed by atoms with Gasteiger partial charge in [0.2, 0.25) is 10.0 Å². The Morgan fingerprint density at radius 3 is 2.67 bits per heavy atom. The Hall–Kier alpha value is -2.65. The largest absolute Gasteiger partial charge is 0.491 e. The third kappa shape index (κ3) is 7.10. The molecule has 11 nitrogen and oxygen atoms in total. The van der Waals surface area contributed by atoms with Gasteiger partial charge in [-0.15, -0.1) is 0 Å². The van der Waals surface area contributed by atoms with Gasteiger partial charge in [0, 0.05) is 43.9 Å². The highest BCUT2D eigenvalue weighted by Crippen LogP contribution is 2.37. The summed E-state index contributed by atoms with van der Waals surface area (Å²) in [7, 11) is -7.16. The number of sulfonamides is 1. The van der Waals surface area contributed by atoms with Crippen LogP contribution in [0.25, 0.3) is 10.9 Å². The van der Waals surface area contributed by atoms with Gasteiger partial charge < -0.3 is 25.0 Å². The fourth-order valence-corrected chi connectivity index (χ4v) is 8.31. The predicted octanol–water partition coefficient (Wildman–Crippen LogP) is 1.73. The summed E-state index contributed by atoms with van der Waals surface area (Å²) in [5, 5.41) is 23.5. The molecule has 3 heterocycles. The lowest BCUT2D eigenvalue weighted by molar-refractivity contribution is -0.0312. The van der Waals surface area contributed by atoms with Gasteiger partial charge in [-0.1, -0.05) is 12.1 Å². The maximum Gasteiger partial charge on any atom is 0.243 e. The number of pyridine rings is 1. The molecule has 13 heteroatoms. The van der Waals surface area contributed by atoms with Crippen molar-refractivity contribution in [3.05, 3.63) is 60.8 Å². The molecule has 228 valence electrons. The summed E-state index contributed by atoms with van der Waals surface area (Å²) in [5.74, 6) is 0.185. The first-order valence-corrected chi connectivity index (χ1v) is 17.2. The number of aliphatic hydroxyl groups excluding tert-OH is 2. The van der Waals surface area contributed by atoms with Crippen molar-refractivity contribution in [2.45, 2.75) is 53.2 Å². The summed E-state index contributed by atoms with van der Waals surface area (Å²) in [6.45, 7) is 1.23. The average Bonchev–Trinajstić information content (AvgIpc) is 3.40. The molecule has 2 fully saturated rings. The molecule has 2 aromatic carbocycles. The number of nitrogens with zero attached hydrogens (tertiary/aromatic N) is 2. The monoisotopic (exact) mass is 619 g/mol. The van der Waals surface area contributed by atoms with Crippen molar-refractivity contribution in [1.29, 1.82) is 0 Å². The number of piperidine rings is 1. The molecule has 0 amide bonds. The summed E-state index contributed by atoms with van der Waals surface area (Å²) >= 11 is 0. The quantitative estimate of drug-likeness (QED) is 0.273. The first kappa shape index (κ1) is 30.8.